The molecule has 1 N–H and O–H groups in total. The van der Waals surface area contributed by atoms with Gasteiger partial charge in [-0.25, -0.2) is 4.98 Å². The summed E-state index contributed by atoms with van der Waals surface area (Å²) in [5.41, 5.74) is 1.63. The van der Waals surface area contributed by atoms with Gasteiger partial charge in [-0.2, -0.15) is 0 Å². The summed E-state index contributed by atoms with van der Waals surface area (Å²) in [4.78, 5) is 17.6. The molecule has 0 unspecified atom stereocenters. The van der Waals surface area contributed by atoms with Gasteiger partial charge >= 0.3 is 0 Å². The van der Waals surface area contributed by atoms with Crippen LogP contribution >= 0.6 is 27.3 Å². The average Bonchev–Trinajstić information content (AvgIpc) is 2.75. The van der Waals surface area contributed by atoms with Gasteiger partial charge in [-0.3, -0.25) is 4.79 Å². The van der Waals surface area contributed by atoms with Crippen molar-refractivity contribution in [2.75, 3.05) is 19.0 Å². The summed E-state index contributed by atoms with van der Waals surface area (Å²) in [5.74, 6) is 0.722. The lowest BCUT2D eigenvalue weighted by molar-refractivity contribution is 0.101. The van der Waals surface area contributed by atoms with Crippen LogP contribution in [0.15, 0.2) is 22.7 Å². The molecule has 0 spiro atoms. The Morgan fingerprint density at radius 1 is 1.45 bits per heavy atom. The molecule has 4 nitrogen and oxygen atoms in total. The number of hydrogen-bond donors (Lipinski definition) is 1. The summed E-state index contributed by atoms with van der Waals surface area (Å²) in [6, 6.07) is 5.29. The van der Waals surface area contributed by atoms with Crippen LogP contribution in [0.3, 0.4) is 0 Å². The number of methoxy groups -OCH3 is 1. The van der Waals surface area contributed by atoms with E-state index in [1.165, 1.54) is 0 Å². The summed E-state index contributed by atoms with van der Waals surface area (Å²) in [6.45, 7) is 4.20. The second-order valence-electron chi connectivity index (χ2n) is 4.29. The minimum Gasteiger partial charge on any atom is -0.496 e. The average molecular weight is 355 g/mol. The number of thiazole rings is 1. The fourth-order valence-electron chi connectivity index (χ4n) is 1.65. The molecule has 0 aliphatic carbocycles. The van der Waals surface area contributed by atoms with Gasteiger partial charge in [0.1, 0.15) is 5.75 Å². The maximum atomic E-state index is 12.1. The van der Waals surface area contributed by atoms with Gasteiger partial charge in [-0.1, -0.05) is 0 Å². The van der Waals surface area contributed by atoms with Gasteiger partial charge in [-0.05, 0) is 48.0 Å². The zero-order valence-corrected chi connectivity index (χ0v) is 13.9. The molecule has 0 radical (unpaired) electrons. The molecule has 1 aromatic carbocycles. The Labute approximate surface area is 130 Å². The van der Waals surface area contributed by atoms with E-state index >= 15 is 0 Å². The molecule has 6 heteroatoms. The first-order chi connectivity index (χ1) is 9.51. The molecular weight excluding hydrogens is 340 g/mol. The SMILES string of the molecule is COc1ccc(C(=O)CNc2nc(C)c(C)s2)cc1Br. The first kappa shape index (κ1) is 15.0. The largest absolute Gasteiger partial charge is 0.496 e. The van der Waals surface area contributed by atoms with Crippen LogP contribution in [0.5, 0.6) is 5.75 Å². The van der Waals surface area contributed by atoms with E-state index in [1.807, 2.05) is 13.8 Å². The molecule has 0 amide bonds. The fraction of sp³-hybridized carbons (Fsp3) is 0.286. The van der Waals surface area contributed by atoms with Crippen molar-refractivity contribution in [2.45, 2.75) is 13.8 Å². The number of nitrogens with zero attached hydrogens (tertiary/aromatic N) is 1. The van der Waals surface area contributed by atoms with E-state index in [2.05, 4.69) is 26.2 Å². The number of aromatic nitrogens is 1. The Morgan fingerprint density at radius 2 is 2.20 bits per heavy atom. The Balaban J connectivity index is 2.03. The van der Waals surface area contributed by atoms with Gasteiger partial charge in [0.2, 0.25) is 0 Å². The molecule has 2 rings (SSSR count). The van der Waals surface area contributed by atoms with E-state index in [-0.39, 0.29) is 12.3 Å². The molecule has 0 aliphatic heterocycles. The van der Waals surface area contributed by atoms with E-state index in [4.69, 9.17) is 4.74 Å². The van der Waals surface area contributed by atoms with Crippen LogP contribution < -0.4 is 10.1 Å². The summed E-state index contributed by atoms with van der Waals surface area (Å²) >= 11 is 4.93. The lowest BCUT2D eigenvalue weighted by Gasteiger charge is -2.06. The topological polar surface area (TPSA) is 51.2 Å². The van der Waals surface area contributed by atoms with E-state index in [0.29, 0.717) is 11.3 Å². The van der Waals surface area contributed by atoms with Gasteiger partial charge in [0.25, 0.3) is 0 Å². The quantitative estimate of drug-likeness (QED) is 0.829. The van der Waals surface area contributed by atoms with Crippen molar-refractivity contribution in [3.63, 3.8) is 0 Å². The van der Waals surface area contributed by atoms with Crippen LogP contribution in [0.25, 0.3) is 0 Å². The van der Waals surface area contributed by atoms with Crippen molar-refractivity contribution >= 4 is 38.2 Å². The molecule has 0 aliphatic rings. The summed E-state index contributed by atoms with van der Waals surface area (Å²) in [7, 11) is 1.59. The van der Waals surface area contributed by atoms with Crippen LogP contribution in [0, 0.1) is 13.8 Å². The lowest BCUT2D eigenvalue weighted by atomic mass is 10.1. The predicted molar refractivity (Wildman–Crippen MR) is 85.1 cm³/mol. The number of carbonyl (C=O) groups is 1. The molecular formula is C14H15BrN2O2S. The van der Waals surface area contributed by atoms with Crippen LogP contribution in [-0.4, -0.2) is 24.4 Å². The van der Waals surface area contributed by atoms with Crippen molar-refractivity contribution in [3.05, 3.63) is 38.8 Å². The van der Waals surface area contributed by atoms with Crippen LogP contribution in [0.1, 0.15) is 20.9 Å². The molecule has 20 heavy (non-hydrogen) atoms. The standard InChI is InChI=1S/C14H15BrN2O2S/c1-8-9(2)20-14(17-8)16-7-12(18)10-4-5-13(19-3)11(15)6-10/h4-6H,7H2,1-3H3,(H,16,17). The highest BCUT2D eigenvalue weighted by molar-refractivity contribution is 9.10. The maximum Gasteiger partial charge on any atom is 0.183 e. The molecule has 0 fully saturated rings. The van der Waals surface area contributed by atoms with Crippen LogP contribution in [-0.2, 0) is 0 Å². The molecule has 0 atom stereocenters. The number of Topliss-reactive ketones (excluding diaryl/α,β-unsaturated/α-hetero) is 1. The highest BCUT2D eigenvalue weighted by Gasteiger charge is 2.10. The van der Waals surface area contributed by atoms with E-state index < -0.39 is 0 Å². The highest BCUT2D eigenvalue weighted by Crippen LogP contribution is 2.26. The van der Waals surface area contributed by atoms with Crippen LogP contribution in [0.2, 0.25) is 0 Å². The Bertz CT molecular complexity index is 621. The molecule has 0 bridgehead atoms. The highest BCUT2D eigenvalue weighted by atomic mass is 79.9. The third-order valence-electron chi connectivity index (χ3n) is 2.90. The van der Waals surface area contributed by atoms with E-state index in [0.717, 1.165) is 20.2 Å². The first-order valence-electron chi connectivity index (χ1n) is 6.06. The zero-order chi connectivity index (χ0) is 14.7. The number of halogens is 1. The molecule has 2 aromatic rings. The second kappa shape index (κ2) is 6.37. The predicted octanol–water partition coefficient (Wildman–Crippen LogP) is 3.83. The maximum absolute atomic E-state index is 12.1. The summed E-state index contributed by atoms with van der Waals surface area (Å²) in [5, 5.41) is 3.84. The van der Waals surface area contributed by atoms with Crippen molar-refractivity contribution in [1.29, 1.82) is 0 Å². The van der Waals surface area contributed by atoms with Gasteiger partial charge in [0.15, 0.2) is 10.9 Å². The number of rotatable bonds is 5. The number of carbonyl (C=O) groups excluding carboxylic acids is 1. The minimum absolute atomic E-state index is 0.0128. The van der Waals surface area contributed by atoms with Gasteiger partial charge in [0, 0.05) is 10.4 Å². The first-order valence-corrected chi connectivity index (χ1v) is 7.67. The van der Waals surface area contributed by atoms with E-state index in [1.54, 1.807) is 36.6 Å². The number of hydrogen-bond acceptors (Lipinski definition) is 5. The summed E-state index contributed by atoms with van der Waals surface area (Å²) in [6.07, 6.45) is 0. The van der Waals surface area contributed by atoms with Crippen molar-refractivity contribution in [2.24, 2.45) is 0 Å². The Kier molecular flexibility index (Phi) is 4.77. The zero-order valence-electron chi connectivity index (χ0n) is 11.5. The number of aryl methyl sites for hydroxylation is 2. The normalized spacial score (nSPS) is 10.4. The lowest BCUT2D eigenvalue weighted by Crippen LogP contribution is -2.13. The number of ketones is 1. The molecule has 0 saturated carbocycles. The minimum atomic E-state index is 0.0128. The number of benzene rings is 1. The number of nitrogens with one attached hydrogen (secondary N) is 1. The number of anilines is 1. The molecule has 1 heterocycles. The summed E-state index contributed by atoms with van der Waals surface area (Å²) < 4.78 is 5.91. The Hall–Kier alpha value is -1.40. The van der Waals surface area contributed by atoms with Crippen molar-refractivity contribution in [1.82, 2.24) is 4.98 Å². The second-order valence-corrected chi connectivity index (χ2v) is 6.34. The third kappa shape index (κ3) is 3.37. The number of ether oxygens (including phenoxy) is 1. The van der Waals surface area contributed by atoms with Gasteiger partial charge in [0.05, 0.1) is 23.8 Å². The van der Waals surface area contributed by atoms with Gasteiger partial charge < -0.3 is 10.1 Å². The smallest absolute Gasteiger partial charge is 0.183 e. The van der Waals surface area contributed by atoms with Crippen molar-refractivity contribution in [3.8, 4) is 5.75 Å². The molecule has 106 valence electrons. The third-order valence-corrected chi connectivity index (χ3v) is 4.55. The monoisotopic (exact) mass is 354 g/mol. The molecule has 1 aromatic heterocycles. The Morgan fingerprint density at radius 3 is 2.75 bits per heavy atom. The van der Waals surface area contributed by atoms with E-state index in [9.17, 15) is 4.79 Å². The van der Waals surface area contributed by atoms with Crippen LogP contribution in [0.4, 0.5) is 5.13 Å². The van der Waals surface area contributed by atoms with Gasteiger partial charge in [-0.15, -0.1) is 11.3 Å². The molecule has 0 saturated heterocycles. The van der Waals surface area contributed by atoms with Crippen molar-refractivity contribution < 1.29 is 9.53 Å². The fourth-order valence-corrected chi connectivity index (χ4v) is 3.00.